The van der Waals surface area contributed by atoms with Crippen molar-refractivity contribution in [1.82, 2.24) is 4.57 Å². The van der Waals surface area contributed by atoms with E-state index in [9.17, 15) is 14.4 Å². The van der Waals surface area contributed by atoms with Crippen molar-refractivity contribution in [3.8, 4) is 0 Å². The number of methoxy groups -OCH3 is 1. The molecule has 0 aliphatic heterocycles. The van der Waals surface area contributed by atoms with E-state index < -0.39 is 11.7 Å². The number of esters is 1. The first-order valence-electron chi connectivity index (χ1n) is 7.55. The van der Waals surface area contributed by atoms with Gasteiger partial charge in [-0.3, -0.25) is 9.36 Å². The summed E-state index contributed by atoms with van der Waals surface area (Å²) in [6.45, 7) is 0. The van der Waals surface area contributed by atoms with Crippen molar-refractivity contribution in [1.29, 1.82) is 0 Å². The number of rotatable bonds is 4. The molecule has 3 aromatic rings. The van der Waals surface area contributed by atoms with Gasteiger partial charge in [0.1, 0.15) is 0 Å². The van der Waals surface area contributed by atoms with Crippen molar-refractivity contribution in [3.05, 3.63) is 64.1 Å². The van der Waals surface area contributed by atoms with E-state index >= 15 is 0 Å². The summed E-state index contributed by atoms with van der Waals surface area (Å²) in [4.78, 5) is 35.6. The summed E-state index contributed by atoms with van der Waals surface area (Å²) in [5.74, 6) is -1.27. The molecule has 0 saturated heterocycles. The van der Waals surface area contributed by atoms with Gasteiger partial charge in [0.05, 0.1) is 30.3 Å². The molecule has 7 heteroatoms. The number of benzene rings is 2. The van der Waals surface area contributed by atoms with Crippen LogP contribution in [0, 0.1) is 0 Å². The summed E-state index contributed by atoms with van der Waals surface area (Å²) >= 11 is 0. The number of nitrogens with zero attached hydrogens (tertiary/aromatic N) is 1. The van der Waals surface area contributed by atoms with Crippen LogP contribution in [0.15, 0.2) is 51.7 Å². The molecule has 0 spiro atoms. The summed E-state index contributed by atoms with van der Waals surface area (Å²) in [5, 5.41) is 2.71. The highest BCUT2D eigenvalue weighted by atomic mass is 16.5. The standard InChI is InChI=1S/C18H16N2O5/c1-20-14-9-11(7-8-15(14)25-18(20)23)10-16(21)19-13-6-4-3-5-12(13)17(22)24-2/h3-9H,10H2,1-2H3,(H,19,21). The molecule has 1 amide bonds. The molecule has 0 atom stereocenters. The summed E-state index contributed by atoms with van der Waals surface area (Å²) in [6.07, 6.45) is 0.0881. The Bertz CT molecular complexity index is 1020. The van der Waals surface area contributed by atoms with Gasteiger partial charge in [-0.25, -0.2) is 9.59 Å². The van der Waals surface area contributed by atoms with Crippen molar-refractivity contribution < 1.29 is 18.7 Å². The Morgan fingerprint density at radius 1 is 1.20 bits per heavy atom. The molecular weight excluding hydrogens is 324 g/mol. The Morgan fingerprint density at radius 3 is 2.72 bits per heavy atom. The average molecular weight is 340 g/mol. The molecule has 0 aliphatic rings. The lowest BCUT2D eigenvalue weighted by atomic mass is 10.1. The predicted octanol–water partition coefficient (Wildman–Crippen LogP) is 2.10. The van der Waals surface area contributed by atoms with Crippen LogP contribution in [0.4, 0.5) is 5.69 Å². The molecule has 1 N–H and O–H groups in total. The number of fused-ring (bicyclic) bond motifs is 1. The highest BCUT2D eigenvalue weighted by molar-refractivity contribution is 6.01. The number of anilines is 1. The molecule has 1 aromatic heterocycles. The van der Waals surface area contributed by atoms with Crippen molar-refractivity contribution in [2.24, 2.45) is 7.05 Å². The Labute approximate surface area is 142 Å². The number of nitrogens with one attached hydrogen (secondary N) is 1. The van der Waals surface area contributed by atoms with Gasteiger partial charge in [0.2, 0.25) is 5.91 Å². The third-order valence-electron chi connectivity index (χ3n) is 3.83. The Morgan fingerprint density at radius 2 is 1.96 bits per heavy atom. The molecule has 3 rings (SSSR count). The molecular formula is C18H16N2O5. The average Bonchev–Trinajstić information content (AvgIpc) is 2.89. The third kappa shape index (κ3) is 3.30. The molecule has 0 fully saturated rings. The van der Waals surface area contributed by atoms with Crippen LogP contribution in [0.3, 0.4) is 0 Å². The van der Waals surface area contributed by atoms with Gasteiger partial charge in [-0.05, 0) is 29.8 Å². The number of carbonyl (C=O) groups is 2. The SMILES string of the molecule is COC(=O)c1ccccc1NC(=O)Cc1ccc2oc(=O)n(C)c2c1. The number of ether oxygens (including phenoxy) is 1. The predicted molar refractivity (Wildman–Crippen MR) is 91.6 cm³/mol. The van der Waals surface area contributed by atoms with Crippen LogP contribution in [0.25, 0.3) is 11.1 Å². The molecule has 0 radical (unpaired) electrons. The van der Waals surface area contributed by atoms with Crippen LogP contribution in [0.5, 0.6) is 0 Å². The molecule has 1 heterocycles. The van der Waals surface area contributed by atoms with Crippen molar-refractivity contribution in [2.75, 3.05) is 12.4 Å². The van der Waals surface area contributed by atoms with Crippen LogP contribution in [0.2, 0.25) is 0 Å². The second kappa shape index (κ2) is 6.64. The lowest BCUT2D eigenvalue weighted by Crippen LogP contribution is -2.17. The molecule has 0 aliphatic carbocycles. The number of aryl methyl sites for hydroxylation is 1. The van der Waals surface area contributed by atoms with Crippen LogP contribution < -0.4 is 11.1 Å². The number of amides is 1. The monoisotopic (exact) mass is 340 g/mol. The van der Waals surface area contributed by atoms with E-state index in [1.165, 1.54) is 11.7 Å². The van der Waals surface area contributed by atoms with E-state index in [1.54, 1.807) is 49.5 Å². The van der Waals surface area contributed by atoms with Gasteiger partial charge in [0, 0.05) is 7.05 Å². The summed E-state index contributed by atoms with van der Waals surface area (Å²) in [5.41, 5.74) is 2.47. The van der Waals surface area contributed by atoms with E-state index in [1.807, 2.05) is 0 Å². The highest BCUT2D eigenvalue weighted by Crippen LogP contribution is 2.18. The number of para-hydroxylation sites is 1. The topological polar surface area (TPSA) is 90.5 Å². The smallest absolute Gasteiger partial charge is 0.419 e. The van der Waals surface area contributed by atoms with Gasteiger partial charge in [0.25, 0.3) is 0 Å². The highest BCUT2D eigenvalue weighted by Gasteiger charge is 2.14. The van der Waals surface area contributed by atoms with Gasteiger partial charge in [-0.2, -0.15) is 0 Å². The minimum atomic E-state index is -0.522. The first kappa shape index (κ1) is 16.5. The van der Waals surface area contributed by atoms with E-state index in [4.69, 9.17) is 9.15 Å². The fraction of sp³-hybridized carbons (Fsp3) is 0.167. The summed E-state index contributed by atoms with van der Waals surface area (Å²) in [7, 11) is 2.88. The Hall–Kier alpha value is -3.35. The van der Waals surface area contributed by atoms with E-state index in [-0.39, 0.29) is 17.9 Å². The van der Waals surface area contributed by atoms with Gasteiger partial charge >= 0.3 is 11.7 Å². The largest absolute Gasteiger partial charge is 0.465 e. The van der Waals surface area contributed by atoms with Crippen LogP contribution >= 0.6 is 0 Å². The zero-order chi connectivity index (χ0) is 18.0. The maximum atomic E-state index is 12.3. The molecule has 7 nitrogen and oxygen atoms in total. The van der Waals surface area contributed by atoms with Crippen LogP contribution in [-0.4, -0.2) is 23.6 Å². The van der Waals surface area contributed by atoms with E-state index in [0.717, 1.165) is 5.56 Å². The van der Waals surface area contributed by atoms with Gasteiger partial charge in [-0.15, -0.1) is 0 Å². The zero-order valence-electron chi connectivity index (χ0n) is 13.7. The van der Waals surface area contributed by atoms with Gasteiger partial charge < -0.3 is 14.5 Å². The maximum absolute atomic E-state index is 12.3. The van der Waals surface area contributed by atoms with Crippen LogP contribution in [-0.2, 0) is 23.0 Å². The van der Waals surface area contributed by atoms with Gasteiger partial charge in [0.15, 0.2) is 5.58 Å². The van der Waals surface area contributed by atoms with Gasteiger partial charge in [-0.1, -0.05) is 18.2 Å². The minimum Gasteiger partial charge on any atom is -0.465 e. The lowest BCUT2D eigenvalue weighted by Gasteiger charge is -2.09. The lowest BCUT2D eigenvalue weighted by molar-refractivity contribution is -0.115. The fourth-order valence-corrected chi connectivity index (χ4v) is 2.54. The molecule has 128 valence electrons. The number of carbonyl (C=O) groups excluding carboxylic acids is 2. The first-order valence-corrected chi connectivity index (χ1v) is 7.55. The third-order valence-corrected chi connectivity index (χ3v) is 3.83. The van der Waals surface area contributed by atoms with Crippen molar-refractivity contribution in [2.45, 2.75) is 6.42 Å². The second-order valence-corrected chi connectivity index (χ2v) is 5.49. The first-order chi connectivity index (χ1) is 12.0. The molecule has 25 heavy (non-hydrogen) atoms. The van der Waals surface area contributed by atoms with E-state index in [0.29, 0.717) is 16.8 Å². The number of hydrogen-bond donors (Lipinski definition) is 1. The number of aromatic nitrogens is 1. The minimum absolute atomic E-state index is 0.0881. The normalized spacial score (nSPS) is 10.6. The number of hydrogen-bond acceptors (Lipinski definition) is 5. The zero-order valence-corrected chi connectivity index (χ0v) is 13.7. The molecule has 2 aromatic carbocycles. The van der Waals surface area contributed by atoms with Crippen molar-refractivity contribution in [3.63, 3.8) is 0 Å². The molecule has 0 bridgehead atoms. The van der Waals surface area contributed by atoms with E-state index in [2.05, 4.69) is 5.32 Å². The molecule has 0 unspecified atom stereocenters. The Balaban J connectivity index is 1.81. The summed E-state index contributed by atoms with van der Waals surface area (Å²) in [6, 6.07) is 11.7. The number of oxazole rings is 1. The second-order valence-electron chi connectivity index (χ2n) is 5.49. The fourth-order valence-electron chi connectivity index (χ4n) is 2.54. The summed E-state index contributed by atoms with van der Waals surface area (Å²) < 4.78 is 11.1. The maximum Gasteiger partial charge on any atom is 0.419 e. The quantitative estimate of drug-likeness (QED) is 0.735. The Kier molecular flexibility index (Phi) is 4.38. The van der Waals surface area contributed by atoms with Crippen molar-refractivity contribution >= 4 is 28.7 Å². The molecule has 0 saturated carbocycles. The van der Waals surface area contributed by atoms with Crippen LogP contribution in [0.1, 0.15) is 15.9 Å².